The van der Waals surface area contributed by atoms with Gasteiger partial charge in [0, 0.05) is 17.8 Å². The van der Waals surface area contributed by atoms with Gasteiger partial charge in [0.2, 0.25) is 0 Å². The summed E-state index contributed by atoms with van der Waals surface area (Å²) in [5.74, 6) is 1.55. The smallest absolute Gasteiger partial charge is 0.137 e. The second-order valence-corrected chi connectivity index (χ2v) is 4.93. The summed E-state index contributed by atoms with van der Waals surface area (Å²) in [5, 5.41) is 3.93. The van der Waals surface area contributed by atoms with E-state index in [4.69, 9.17) is 21.1 Å². The molecule has 4 heteroatoms. The van der Waals surface area contributed by atoms with E-state index in [0.29, 0.717) is 17.3 Å². The fourth-order valence-electron chi connectivity index (χ4n) is 2.02. The van der Waals surface area contributed by atoms with Crippen LogP contribution in [-0.4, -0.2) is 14.2 Å². The maximum absolute atomic E-state index is 6.11. The molecule has 0 aromatic heterocycles. The van der Waals surface area contributed by atoms with Crippen LogP contribution in [0.5, 0.6) is 11.5 Å². The van der Waals surface area contributed by atoms with Gasteiger partial charge in [-0.1, -0.05) is 29.3 Å². The van der Waals surface area contributed by atoms with Crippen molar-refractivity contribution in [2.24, 2.45) is 0 Å². The fraction of sp³-hybridized carbons (Fsp3) is 0.250. The summed E-state index contributed by atoms with van der Waals surface area (Å²) in [7, 11) is 3.28. The summed E-state index contributed by atoms with van der Waals surface area (Å²) in [4.78, 5) is 0. The summed E-state index contributed by atoms with van der Waals surface area (Å²) >= 11 is 6.11. The van der Waals surface area contributed by atoms with Crippen molar-refractivity contribution in [2.75, 3.05) is 19.5 Å². The molecule has 0 aliphatic rings. The molecular weight excluding hydrogens is 274 g/mol. The Hall–Kier alpha value is -1.87. The van der Waals surface area contributed by atoms with Gasteiger partial charge in [0.25, 0.3) is 0 Å². The number of anilines is 1. The zero-order chi connectivity index (χ0) is 14.5. The van der Waals surface area contributed by atoms with Crippen molar-refractivity contribution in [1.82, 2.24) is 0 Å². The molecule has 0 radical (unpaired) electrons. The van der Waals surface area contributed by atoms with Gasteiger partial charge in [0.1, 0.15) is 11.5 Å². The molecule has 2 aromatic carbocycles. The molecule has 0 spiro atoms. The minimum absolute atomic E-state index is 0.591. The van der Waals surface area contributed by atoms with Crippen LogP contribution in [0.25, 0.3) is 0 Å². The van der Waals surface area contributed by atoms with Crippen molar-refractivity contribution in [1.29, 1.82) is 0 Å². The van der Waals surface area contributed by atoms with Gasteiger partial charge >= 0.3 is 0 Å². The summed E-state index contributed by atoms with van der Waals surface area (Å²) < 4.78 is 10.5. The average Bonchev–Trinajstić information content (AvgIpc) is 2.45. The minimum Gasteiger partial charge on any atom is -0.496 e. The lowest BCUT2D eigenvalue weighted by molar-refractivity contribution is 0.410. The monoisotopic (exact) mass is 291 g/mol. The molecule has 0 atom stereocenters. The molecule has 0 saturated heterocycles. The van der Waals surface area contributed by atoms with E-state index in [9.17, 15) is 0 Å². The molecule has 106 valence electrons. The number of hydrogen-bond acceptors (Lipinski definition) is 3. The van der Waals surface area contributed by atoms with Gasteiger partial charge in [0.15, 0.2) is 0 Å². The number of ether oxygens (including phenoxy) is 2. The van der Waals surface area contributed by atoms with Crippen LogP contribution >= 0.6 is 11.6 Å². The van der Waals surface area contributed by atoms with E-state index >= 15 is 0 Å². The summed E-state index contributed by atoms with van der Waals surface area (Å²) in [5.41, 5.74) is 3.26. The topological polar surface area (TPSA) is 30.5 Å². The maximum atomic E-state index is 6.11. The van der Waals surface area contributed by atoms with Crippen LogP contribution in [0.3, 0.4) is 0 Å². The number of aryl methyl sites for hydroxylation is 1. The Bertz CT molecular complexity index is 599. The molecule has 0 heterocycles. The van der Waals surface area contributed by atoms with Crippen molar-refractivity contribution >= 4 is 17.3 Å². The van der Waals surface area contributed by atoms with Crippen LogP contribution in [0.4, 0.5) is 5.69 Å². The standard InChI is InChI=1S/C16H18ClNO2/c1-11-4-6-15(19-2)12(8-11)10-18-13-5-7-16(20-3)14(17)9-13/h4-9,18H,10H2,1-3H3. The van der Waals surface area contributed by atoms with Gasteiger partial charge in [-0.2, -0.15) is 0 Å². The highest BCUT2D eigenvalue weighted by Gasteiger charge is 2.05. The number of halogens is 1. The van der Waals surface area contributed by atoms with E-state index in [1.165, 1.54) is 5.56 Å². The highest BCUT2D eigenvalue weighted by Crippen LogP contribution is 2.28. The first-order valence-electron chi connectivity index (χ1n) is 6.35. The predicted octanol–water partition coefficient (Wildman–Crippen LogP) is 4.28. The van der Waals surface area contributed by atoms with Crippen LogP contribution in [0.2, 0.25) is 5.02 Å². The molecule has 2 rings (SSSR count). The van der Waals surface area contributed by atoms with Gasteiger partial charge < -0.3 is 14.8 Å². The number of hydrogen-bond donors (Lipinski definition) is 1. The lowest BCUT2D eigenvalue weighted by atomic mass is 10.1. The van der Waals surface area contributed by atoms with Gasteiger partial charge in [-0.3, -0.25) is 0 Å². The largest absolute Gasteiger partial charge is 0.496 e. The van der Waals surface area contributed by atoms with E-state index < -0.39 is 0 Å². The molecule has 0 aliphatic heterocycles. The van der Waals surface area contributed by atoms with Crippen LogP contribution in [0.1, 0.15) is 11.1 Å². The molecule has 1 N–H and O–H groups in total. The van der Waals surface area contributed by atoms with Crippen LogP contribution in [0, 0.1) is 6.92 Å². The molecule has 0 bridgehead atoms. The van der Waals surface area contributed by atoms with Crippen LogP contribution in [0.15, 0.2) is 36.4 Å². The van der Waals surface area contributed by atoms with Crippen molar-refractivity contribution in [2.45, 2.75) is 13.5 Å². The average molecular weight is 292 g/mol. The Labute approximate surface area is 124 Å². The fourth-order valence-corrected chi connectivity index (χ4v) is 2.28. The summed E-state index contributed by atoms with van der Waals surface area (Å²) in [6.07, 6.45) is 0. The first kappa shape index (κ1) is 14.5. The van der Waals surface area contributed by atoms with Crippen molar-refractivity contribution in [3.8, 4) is 11.5 Å². The molecule has 0 amide bonds. The van der Waals surface area contributed by atoms with Crippen LogP contribution in [-0.2, 0) is 6.54 Å². The van der Waals surface area contributed by atoms with E-state index in [1.807, 2.05) is 30.3 Å². The zero-order valence-electron chi connectivity index (χ0n) is 11.9. The Balaban J connectivity index is 2.12. The second-order valence-electron chi connectivity index (χ2n) is 4.52. The summed E-state index contributed by atoms with van der Waals surface area (Å²) in [6, 6.07) is 11.8. The quantitative estimate of drug-likeness (QED) is 0.892. The highest BCUT2D eigenvalue weighted by molar-refractivity contribution is 6.32. The summed E-state index contributed by atoms with van der Waals surface area (Å²) in [6.45, 7) is 2.74. The van der Waals surface area contributed by atoms with Gasteiger partial charge in [-0.15, -0.1) is 0 Å². The Kier molecular flexibility index (Phi) is 4.74. The third-order valence-corrected chi connectivity index (χ3v) is 3.37. The lowest BCUT2D eigenvalue weighted by Gasteiger charge is -2.12. The molecule has 0 aliphatic carbocycles. The molecule has 2 aromatic rings. The molecule has 0 saturated carbocycles. The maximum Gasteiger partial charge on any atom is 0.137 e. The normalized spacial score (nSPS) is 10.2. The number of rotatable bonds is 5. The van der Waals surface area contributed by atoms with E-state index in [-0.39, 0.29) is 0 Å². The third-order valence-electron chi connectivity index (χ3n) is 3.07. The Morgan fingerprint density at radius 3 is 2.35 bits per heavy atom. The van der Waals surface area contributed by atoms with Crippen molar-refractivity contribution in [3.05, 3.63) is 52.5 Å². The van der Waals surface area contributed by atoms with E-state index in [0.717, 1.165) is 17.0 Å². The van der Waals surface area contributed by atoms with Gasteiger partial charge in [-0.25, -0.2) is 0 Å². The van der Waals surface area contributed by atoms with Gasteiger partial charge in [-0.05, 0) is 31.2 Å². The minimum atomic E-state index is 0.591. The molecule has 0 unspecified atom stereocenters. The first-order chi connectivity index (χ1) is 9.63. The number of methoxy groups -OCH3 is 2. The zero-order valence-corrected chi connectivity index (χ0v) is 12.6. The Morgan fingerprint density at radius 1 is 1.00 bits per heavy atom. The first-order valence-corrected chi connectivity index (χ1v) is 6.72. The van der Waals surface area contributed by atoms with E-state index in [1.54, 1.807) is 14.2 Å². The van der Waals surface area contributed by atoms with E-state index in [2.05, 4.69) is 18.3 Å². The van der Waals surface area contributed by atoms with Crippen molar-refractivity contribution in [3.63, 3.8) is 0 Å². The van der Waals surface area contributed by atoms with Crippen molar-refractivity contribution < 1.29 is 9.47 Å². The molecular formula is C16H18ClNO2. The lowest BCUT2D eigenvalue weighted by Crippen LogP contribution is -2.02. The number of benzene rings is 2. The highest BCUT2D eigenvalue weighted by atomic mass is 35.5. The van der Waals surface area contributed by atoms with Gasteiger partial charge in [0.05, 0.1) is 19.2 Å². The number of nitrogens with one attached hydrogen (secondary N) is 1. The molecule has 20 heavy (non-hydrogen) atoms. The third kappa shape index (κ3) is 3.36. The van der Waals surface area contributed by atoms with Crippen LogP contribution < -0.4 is 14.8 Å². The molecule has 0 fully saturated rings. The Morgan fingerprint density at radius 2 is 1.70 bits per heavy atom. The predicted molar refractivity (Wildman–Crippen MR) is 83.1 cm³/mol. The molecule has 3 nitrogen and oxygen atoms in total. The second kappa shape index (κ2) is 6.53. The SMILES string of the molecule is COc1ccc(NCc2cc(C)ccc2OC)cc1Cl.